The molecule has 0 bridgehead atoms. The Morgan fingerprint density at radius 2 is 2.06 bits per heavy atom. The first-order valence-corrected chi connectivity index (χ1v) is 6.50. The van der Waals surface area contributed by atoms with E-state index in [0.29, 0.717) is 5.41 Å². The molecule has 1 saturated carbocycles. The first kappa shape index (κ1) is 12.1. The maximum absolute atomic E-state index is 5.85. The zero-order valence-electron chi connectivity index (χ0n) is 9.96. The molecular formula is C13H19BrN2. The number of nitrogens with zero attached hydrogens (tertiary/aromatic N) is 1. The largest absolute Gasteiger partial charge is 0.330 e. The fourth-order valence-corrected chi connectivity index (χ4v) is 2.61. The van der Waals surface area contributed by atoms with Gasteiger partial charge in [0.2, 0.25) is 0 Å². The van der Waals surface area contributed by atoms with Crippen LogP contribution in [0.1, 0.15) is 24.0 Å². The van der Waals surface area contributed by atoms with Gasteiger partial charge in [0.25, 0.3) is 0 Å². The van der Waals surface area contributed by atoms with Crippen molar-refractivity contribution in [3.63, 3.8) is 0 Å². The van der Waals surface area contributed by atoms with E-state index in [2.05, 4.69) is 53.1 Å². The fraction of sp³-hybridized carbons (Fsp3) is 0.538. The van der Waals surface area contributed by atoms with Gasteiger partial charge < -0.3 is 10.6 Å². The van der Waals surface area contributed by atoms with E-state index in [1.807, 2.05) is 0 Å². The van der Waals surface area contributed by atoms with E-state index in [4.69, 9.17) is 5.73 Å². The summed E-state index contributed by atoms with van der Waals surface area (Å²) in [7, 11) is 4.17. The maximum atomic E-state index is 5.85. The Hall–Kier alpha value is -0.380. The third kappa shape index (κ3) is 2.31. The van der Waals surface area contributed by atoms with Gasteiger partial charge in [-0.2, -0.15) is 0 Å². The molecule has 1 aromatic carbocycles. The molecule has 88 valence electrons. The lowest BCUT2D eigenvalue weighted by Crippen LogP contribution is -2.20. The van der Waals surface area contributed by atoms with E-state index in [0.717, 1.165) is 13.1 Å². The monoisotopic (exact) mass is 282 g/mol. The minimum Gasteiger partial charge on any atom is -0.330 e. The van der Waals surface area contributed by atoms with Gasteiger partial charge in [-0.1, -0.05) is 28.1 Å². The summed E-state index contributed by atoms with van der Waals surface area (Å²) in [6.07, 6.45) is 2.48. The van der Waals surface area contributed by atoms with Crippen LogP contribution in [0.15, 0.2) is 22.7 Å². The van der Waals surface area contributed by atoms with Gasteiger partial charge in [-0.05, 0) is 44.1 Å². The molecule has 0 amide bonds. The average molecular weight is 283 g/mol. The number of hydrogen-bond acceptors (Lipinski definition) is 2. The van der Waals surface area contributed by atoms with Gasteiger partial charge in [0.15, 0.2) is 0 Å². The van der Waals surface area contributed by atoms with E-state index in [1.54, 1.807) is 0 Å². The smallest absolute Gasteiger partial charge is 0.0238 e. The molecule has 1 aliphatic carbocycles. The van der Waals surface area contributed by atoms with Crippen LogP contribution in [0.25, 0.3) is 0 Å². The van der Waals surface area contributed by atoms with Gasteiger partial charge in [0, 0.05) is 23.0 Å². The second-order valence-corrected chi connectivity index (χ2v) is 5.88. The minimum absolute atomic E-state index is 0.291. The van der Waals surface area contributed by atoms with Crippen LogP contribution in [0.3, 0.4) is 0 Å². The Morgan fingerprint density at radius 1 is 1.38 bits per heavy atom. The van der Waals surface area contributed by atoms with Crippen molar-refractivity contribution in [2.75, 3.05) is 20.6 Å². The molecule has 0 unspecified atom stereocenters. The third-order valence-corrected chi connectivity index (χ3v) is 4.13. The average Bonchev–Trinajstić information content (AvgIpc) is 3.01. The molecule has 3 heteroatoms. The highest BCUT2D eigenvalue weighted by atomic mass is 79.9. The number of benzene rings is 1. The molecule has 0 spiro atoms. The molecule has 0 aromatic heterocycles. The highest BCUT2D eigenvalue weighted by Gasteiger charge is 2.42. The second-order valence-electron chi connectivity index (χ2n) is 5.03. The van der Waals surface area contributed by atoms with Gasteiger partial charge in [-0.3, -0.25) is 0 Å². The third-order valence-electron chi connectivity index (χ3n) is 3.40. The van der Waals surface area contributed by atoms with Crippen molar-refractivity contribution in [1.82, 2.24) is 4.90 Å². The summed E-state index contributed by atoms with van der Waals surface area (Å²) in [5, 5.41) is 0. The lowest BCUT2D eigenvalue weighted by atomic mass is 9.95. The topological polar surface area (TPSA) is 29.3 Å². The molecule has 0 atom stereocenters. The van der Waals surface area contributed by atoms with E-state index < -0.39 is 0 Å². The zero-order chi connectivity index (χ0) is 11.8. The molecule has 0 aliphatic heterocycles. The molecule has 0 heterocycles. The Bertz CT molecular complexity index is 384. The second kappa shape index (κ2) is 4.47. The van der Waals surface area contributed by atoms with Gasteiger partial charge in [0.05, 0.1) is 0 Å². The highest BCUT2D eigenvalue weighted by Crippen LogP contribution is 2.47. The molecule has 0 saturated heterocycles. The van der Waals surface area contributed by atoms with E-state index in [-0.39, 0.29) is 0 Å². The molecule has 1 fully saturated rings. The summed E-state index contributed by atoms with van der Waals surface area (Å²) in [6, 6.07) is 6.71. The van der Waals surface area contributed by atoms with Crippen LogP contribution in [0, 0.1) is 0 Å². The Balaban J connectivity index is 2.23. The highest BCUT2D eigenvalue weighted by molar-refractivity contribution is 9.10. The Morgan fingerprint density at radius 3 is 2.50 bits per heavy atom. The van der Waals surface area contributed by atoms with E-state index in [1.165, 1.54) is 28.4 Å². The molecule has 1 aliphatic rings. The normalized spacial score (nSPS) is 17.8. The van der Waals surface area contributed by atoms with E-state index >= 15 is 0 Å². The number of nitrogens with two attached hydrogens (primary N) is 1. The van der Waals surface area contributed by atoms with Crippen molar-refractivity contribution >= 4 is 15.9 Å². The van der Waals surface area contributed by atoms with Crippen LogP contribution in [0.5, 0.6) is 0 Å². The molecule has 16 heavy (non-hydrogen) atoms. The summed E-state index contributed by atoms with van der Waals surface area (Å²) in [6.45, 7) is 1.74. The fourth-order valence-electron chi connectivity index (χ4n) is 2.11. The van der Waals surface area contributed by atoms with Crippen LogP contribution >= 0.6 is 15.9 Å². The van der Waals surface area contributed by atoms with Crippen molar-refractivity contribution in [3.8, 4) is 0 Å². The molecule has 2 nitrogen and oxygen atoms in total. The number of hydrogen-bond donors (Lipinski definition) is 1. The molecule has 0 radical (unpaired) electrons. The lowest BCUT2D eigenvalue weighted by molar-refractivity contribution is 0.401. The number of halogens is 1. The van der Waals surface area contributed by atoms with Gasteiger partial charge in [0.1, 0.15) is 0 Å². The summed E-state index contributed by atoms with van der Waals surface area (Å²) in [4.78, 5) is 2.18. The quantitative estimate of drug-likeness (QED) is 0.920. The Labute approximate surface area is 106 Å². The van der Waals surface area contributed by atoms with Crippen LogP contribution in [-0.2, 0) is 12.0 Å². The first-order chi connectivity index (χ1) is 7.57. The van der Waals surface area contributed by atoms with Crippen molar-refractivity contribution in [2.45, 2.75) is 24.8 Å². The number of rotatable bonds is 4. The van der Waals surface area contributed by atoms with Crippen LogP contribution in [0.4, 0.5) is 0 Å². The lowest BCUT2D eigenvalue weighted by Gasteiger charge is -2.16. The van der Waals surface area contributed by atoms with Crippen LogP contribution in [0.2, 0.25) is 0 Å². The minimum atomic E-state index is 0.291. The molecule has 1 aromatic rings. The van der Waals surface area contributed by atoms with Gasteiger partial charge in [-0.15, -0.1) is 0 Å². The van der Waals surface area contributed by atoms with E-state index in [9.17, 15) is 0 Å². The summed E-state index contributed by atoms with van der Waals surface area (Å²) in [5.74, 6) is 0. The Kier molecular flexibility index (Phi) is 3.38. The maximum Gasteiger partial charge on any atom is 0.0238 e. The molecular weight excluding hydrogens is 264 g/mol. The van der Waals surface area contributed by atoms with Crippen molar-refractivity contribution in [1.29, 1.82) is 0 Å². The summed E-state index contributed by atoms with van der Waals surface area (Å²) >= 11 is 3.66. The zero-order valence-corrected chi connectivity index (χ0v) is 11.5. The molecule has 2 N–H and O–H groups in total. The summed E-state index contributed by atoms with van der Waals surface area (Å²) < 4.78 is 1.21. The summed E-state index contributed by atoms with van der Waals surface area (Å²) in [5.41, 5.74) is 8.86. The van der Waals surface area contributed by atoms with Crippen molar-refractivity contribution in [2.24, 2.45) is 5.73 Å². The van der Waals surface area contributed by atoms with Gasteiger partial charge >= 0.3 is 0 Å². The predicted octanol–water partition coefficient (Wildman–Crippen LogP) is 2.50. The molecule has 2 rings (SSSR count). The predicted molar refractivity (Wildman–Crippen MR) is 71.5 cm³/mol. The van der Waals surface area contributed by atoms with Gasteiger partial charge in [-0.25, -0.2) is 0 Å². The van der Waals surface area contributed by atoms with Crippen LogP contribution in [-0.4, -0.2) is 25.5 Å². The van der Waals surface area contributed by atoms with Crippen molar-refractivity contribution in [3.05, 3.63) is 33.8 Å². The standard InChI is InChI=1S/C13H19BrN2/c1-16(2)8-10-3-4-11(7-12(10)14)13(9-15)5-6-13/h3-4,7H,5-6,8-9,15H2,1-2H3. The van der Waals surface area contributed by atoms with Crippen molar-refractivity contribution < 1.29 is 0 Å². The SMILES string of the molecule is CN(C)Cc1ccc(C2(CN)CC2)cc1Br. The van der Waals surface area contributed by atoms with Crippen LogP contribution < -0.4 is 5.73 Å². The first-order valence-electron chi connectivity index (χ1n) is 5.71.